The first-order chi connectivity index (χ1) is 37.0. The summed E-state index contributed by atoms with van der Waals surface area (Å²) in [5.74, 6) is -0.206. The molecule has 76 heavy (non-hydrogen) atoms. The van der Waals surface area contributed by atoms with Crippen LogP contribution in [0.25, 0.3) is 0 Å². The van der Waals surface area contributed by atoms with Crippen LogP contribution in [0.2, 0.25) is 0 Å². The van der Waals surface area contributed by atoms with Gasteiger partial charge in [-0.2, -0.15) is 0 Å². The summed E-state index contributed by atoms with van der Waals surface area (Å²) in [7, 11) is 1.25. The summed E-state index contributed by atoms with van der Waals surface area (Å²) in [6, 6.07) is -0.911. The molecule has 0 aromatic rings. The highest BCUT2D eigenvalue weighted by molar-refractivity contribution is 7.45. The lowest BCUT2D eigenvalue weighted by Gasteiger charge is -2.29. The molecule has 0 fully saturated rings. The summed E-state index contributed by atoms with van der Waals surface area (Å²) in [5.41, 5.74) is 0. The smallest absolute Gasteiger partial charge is 0.268 e. The highest BCUT2D eigenvalue weighted by Gasteiger charge is 2.23. The van der Waals surface area contributed by atoms with Crippen molar-refractivity contribution in [1.29, 1.82) is 0 Å². The molecule has 0 saturated heterocycles. The number of likely N-dealkylation sites (N-methyl/N-ethyl adjacent to an activating group) is 1. The molecule has 0 spiro atoms. The number of nitrogens with zero attached hydrogens (tertiary/aromatic N) is 1. The Bertz CT molecular complexity index is 1380. The van der Waals surface area contributed by atoms with Crippen molar-refractivity contribution in [3.63, 3.8) is 0 Å². The number of carbonyl (C=O) groups excluding carboxylic acids is 1. The Balaban J connectivity index is 4.15. The van der Waals surface area contributed by atoms with E-state index in [-0.39, 0.29) is 12.5 Å². The van der Waals surface area contributed by atoms with Crippen LogP contribution in [-0.4, -0.2) is 68.5 Å². The number of nitrogens with one attached hydrogen (secondary N) is 1. The highest BCUT2D eigenvalue weighted by atomic mass is 31.2. The first kappa shape index (κ1) is 74.5. The zero-order valence-corrected chi connectivity index (χ0v) is 52.1. The largest absolute Gasteiger partial charge is 0.756 e. The molecule has 0 aliphatic carbocycles. The fourth-order valence-corrected chi connectivity index (χ4v) is 10.6. The van der Waals surface area contributed by atoms with Gasteiger partial charge in [-0.3, -0.25) is 9.36 Å². The van der Waals surface area contributed by atoms with E-state index in [4.69, 9.17) is 9.05 Å². The Morgan fingerprint density at radius 2 is 0.737 bits per heavy atom. The van der Waals surface area contributed by atoms with Gasteiger partial charge in [0, 0.05) is 6.42 Å². The summed E-state index contributed by atoms with van der Waals surface area (Å²) < 4.78 is 23.4. The van der Waals surface area contributed by atoms with Gasteiger partial charge in [-0.1, -0.05) is 294 Å². The molecule has 2 N–H and O–H groups in total. The van der Waals surface area contributed by atoms with E-state index in [1.165, 1.54) is 257 Å². The molecule has 0 radical (unpaired) electrons. The third kappa shape index (κ3) is 60.1. The van der Waals surface area contributed by atoms with Crippen LogP contribution in [0, 0.1) is 0 Å². The quantitative estimate of drug-likeness (QED) is 0.0272. The van der Waals surface area contributed by atoms with Crippen molar-refractivity contribution in [3.8, 4) is 0 Å². The van der Waals surface area contributed by atoms with Crippen molar-refractivity contribution < 1.29 is 32.9 Å². The number of quaternary nitrogens is 1. The van der Waals surface area contributed by atoms with Crippen molar-refractivity contribution >= 4 is 13.7 Å². The minimum absolute atomic E-state index is 0.00838. The molecule has 0 aromatic carbocycles. The third-order valence-corrected chi connectivity index (χ3v) is 16.0. The van der Waals surface area contributed by atoms with Crippen molar-refractivity contribution in [1.82, 2.24) is 5.32 Å². The van der Waals surface area contributed by atoms with E-state index in [9.17, 15) is 19.4 Å². The van der Waals surface area contributed by atoms with Crippen molar-refractivity contribution in [2.24, 2.45) is 0 Å². The number of phosphoric acid groups is 1. The molecule has 8 nitrogen and oxygen atoms in total. The Kier molecular flexibility index (Phi) is 56.9. The zero-order chi connectivity index (χ0) is 55.6. The maximum atomic E-state index is 13.0. The first-order valence-corrected chi connectivity index (χ1v) is 34.5. The summed E-state index contributed by atoms with van der Waals surface area (Å²) >= 11 is 0. The van der Waals surface area contributed by atoms with E-state index >= 15 is 0 Å². The van der Waals surface area contributed by atoms with Crippen molar-refractivity contribution in [2.75, 3.05) is 40.9 Å². The number of phosphoric ester groups is 1. The van der Waals surface area contributed by atoms with E-state index in [0.29, 0.717) is 17.4 Å². The van der Waals surface area contributed by atoms with Crippen molar-refractivity contribution in [3.05, 3.63) is 48.6 Å². The fourth-order valence-electron chi connectivity index (χ4n) is 9.83. The molecule has 0 saturated carbocycles. The lowest BCUT2D eigenvalue weighted by Crippen LogP contribution is -2.45. The lowest BCUT2D eigenvalue weighted by atomic mass is 10.0. The number of aliphatic hydroxyl groups is 1. The standard InChI is InChI=1S/C67H129N2O6P/c1-6-8-10-12-14-16-18-20-22-24-26-28-30-32-33-34-35-37-39-41-43-45-47-49-51-53-55-57-59-61-67(71)68-65(64-75-76(72,73)74-63-62-69(3,4)5)66(70)60-58-56-54-52-50-48-46-44-42-40-38-36-31-29-27-25-23-21-19-17-15-13-11-9-7-2/h24,26,42,44,50,52,58,60,65-66,70H,6-23,25,27-41,43,45-49,51,53-57,59,61-64H2,1-5H3,(H-,68,71,72,73)/b26-24-,44-42+,52-50+,60-58+. The molecule has 3 atom stereocenters. The number of amides is 1. The number of allylic oxidation sites excluding steroid dienone is 7. The molecule has 3 unspecified atom stereocenters. The van der Waals surface area contributed by atoms with Gasteiger partial charge in [-0.25, -0.2) is 0 Å². The van der Waals surface area contributed by atoms with Gasteiger partial charge in [0.2, 0.25) is 5.91 Å². The molecule has 0 aromatic heterocycles. The maximum Gasteiger partial charge on any atom is 0.268 e. The van der Waals surface area contributed by atoms with Gasteiger partial charge in [0.25, 0.3) is 7.82 Å². The number of rotatable bonds is 61. The second-order valence-corrected chi connectivity index (χ2v) is 25.2. The predicted molar refractivity (Wildman–Crippen MR) is 330 cm³/mol. The average Bonchev–Trinajstić information content (AvgIpc) is 3.38. The topological polar surface area (TPSA) is 108 Å². The Hall–Kier alpha value is -1.54. The SMILES string of the molecule is CCCCCCCCCC/C=C\CCCCCCCCCCCCCCCCCCCC(=O)NC(COP(=O)([O-])OCC[N+](C)(C)C)C(O)/C=C/CC/C=C/CC/C=C/CCCCCCCCCCCCCCCCC. The van der Waals surface area contributed by atoms with Gasteiger partial charge < -0.3 is 28.8 Å². The first-order valence-electron chi connectivity index (χ1n) is 33.0. The molecule has 0 heterocycles. The van der Waals surface area contributed by atoms with Gasteiger partial charge in [-0.15, -0.1) is 0 Å². The number of aliphatic hydroxyl groups excluding tert-OH is 1. The molecular weight excluding hydrogens is 960 g/mol. The number of carbonyl (C=O) groups is 1. The highest BCUT2D eigenvalue weighted by Crippen LogP contribution is 2.38. The lowest BCUT2D eigenvalue weighted by molar-refractivity contribution is -0.870. The fraction of sp³-hybridized carbons (Fsp3) is 0.866. The molecule has 1 amide bonds. The Labute approximate surface area is 473 Å². The average molecular weight is 1090 g/mol. The zero-order valence-electron chi connectivity index (χ0n) is 51.2. The molecule has 9 heteroatoms. The monoisotopic (exact) mass is 1090 g/mol. The van der Waals surface area contributed by atoms with E-state index < -0.39 is 26.6 Å². The van der Waals surface area contributed by atoms with Gasteiger partial charge in [0.05, 0.1) is 39.9 Å². The van der Waals surface area contributed by atoms with E-state index in [1.807, 2.05) is 27.2 Å². The minimum atomic E-state index is -4.61. The maximum absolute atomic E-state index is 13.0. The Morgan fingerprint density at radius 3 is 1.07 bits per heavy atom. The molecular formula is C67H129N2O6P. The molecule has 0 aliphatic heterocycles. The van der Waals surface area contributed by atoms with Crippen molar-refractivity contribution in [2.45, 2.75) is 334 Å². The van der Waals surface area contributed by atoms with Crippen LogP contribution in [0.15, 0.2) is 48.6 Å². The number of hydrogen-bond acceptors (Lipinski definition) is 6. The minimum Gasteiger partial charge on any atom is -0.756 e. The van der Waals surface area contributed by atoms with E-state index in [0.717, 1.165) is 44.9 Å². The summed E-state index contributed by atoms with van der Waals surface area (Å²) in [4.78, 5) is 25.6. The van der Waals surface area contributed by atoms with Gasteiger partial charge in [0.15, 0.2) is 0 Å². The normalized spacial score (nSPS) is 14.0. The summed E-state index contributed by atoms with van der Waals surface area (Å²) in [6.45, 7) is 4.66. The predicted octanol–water partition coefficient (Wildman–Crippen LogP) is 20.0. The summed E-state index contributed by atoms with van der Waals surface area (Å²) in [5, 5.41) is 13.9. The van der Waals surface area contributed by atoms with E-state index in [2.05, 4.69) is 55.6 Å². The van der Waals surface area contributed by atoms with Crippen LogP contribution in [-0.2, 0) is 18.4 Å². The van der Waals surface area contributed by atoms with Gasteiger partial charge in [0.1, 0.15) is 13.2 Å². The van der Waals surface area contributed by atoms with Crippen LogP contribution in [0.5, 0.6) is 0 Å². The van der Waals surface area contributed by atoms with E-state index in [1.54, 1.807) is 6.08 Å². The molecule has 0 bridgehead atoms. The summed E-state index contributed by atoms with van der Waals surface area (Å²) in [6.07, 6.45) is 78.0. The Morgan fingerprint density at radius 1 is 0.447 bits per heavy atom. The molecule has 0 rings (SSSR count). The second-order valence-electron chi connectivity index (χ2n) is 23.8. The third-order valence-electron chi connectivity index (χ3n) is 15.0. The van der Waals surface area contributed by atoms with Gasteiger partial charge >= 0.3 is 0 Å². The van der Waals surface area contributed by atoms with Crippen LogP contribution in [0.4, 0.5) is 0 Å². The molecule has 448 valence electrons. The van der Waals surface area contributed by atoms with Crippen LogP contribution >= 0.6 is 7.82 Å². The van der Waals surface area contributed by atoms with Crippen LogP contribution in [0.1, 0.15) is 322 Å². The van der Waals surface area contributed by atoms with Gasteiger partial charge in [-0.05, 0) is 70.6 Å². The number of hydrogen-bond donors (Lipinski definition) is 2. The van der Waals surface area contributed by atoms with Crippen LogP contribution in [0.3, 0.4) is 0 Å². The molecule has 0 aliphatic rings. The second kappa shape index (κ2) is 58.1. The van der Waals surface area contributed by atoms with Crippen LogP contribution < -0.4 is 10.2 Å². The number of unbranched alkanes of at least 4 members (excludes halogenated alkanes) is 42.